The van der Waals surface area contributed by atoms with E-state index in [1.807, 2.05) is 0 Å². The molecule has 0 saturated carbocycles. The number of hydrogen-bond acceptors (Lipinski definition) is 2. The van der Waals surface area contributed by atoms with Gasteiger partial charge >= 0.3 is 0 Å². The normalized spacial score (nSPS) is 11.4. The summed E-state index contributed by atoms with van der Waals surface area (Å²) in [6, 6.07) is 0. The predicted octanol–water partition coefficient (Wildman–Crippen LogP) is 0.301. The molecule has 0 aliphatic rings. The van der Waals surface area contributed by atoms with Crippen LogP contribution >= 0.6 is 11.6 Å². The zero-order chi connectivity index (χ0) is 5.70. The Morgan fingerprint density at radius 2 is 2.12 bits per heavy atom. The van der Waals surface area contributed by atoms with Crippen molar-refractivity contribution in [3.8, 4) is 0 Å². The monoisotopic (exact) mass is 355 g/mol. The number of rotatable bonds is 1. The first-order valence-electron chi connectivity index (χ1n) is 1.68. The van der Waals surface area contributed by atoms with E-state index in [0.29, 0.717) is 0 Å². The van der Waals surface area contributed by atoms with Crippen molar-refractivity contribution < 1.29 is 31.1 Å². The Kier molecular flexibility index (Phi) is 10.4. The molecule has 0 spiro atoms. The largest absolute Gasteiger partial charge is 0.466 e. The third-order valence-electron chi connectivity index (χ3n) is 0.317. The van der Waals surface area contributed by atoms with Gasteiger partial charge in [-0.1, -0.05) is 11.4 Å². The summed E-state index contributed by atoms with van der Waals surface area (Å²) in [5.74, 6) is 0. The third-order valence-corrected chi connectivity index (χ3v) is 0.427. The third kappa shape index (κ3) is 9.65. The Balaban J connectivity index is 0. The average molecular weight is 356 g/mol. The fourth-order valence-electron chi connectivity index (χ4n) is 0.128. The Morgan fingerprint density at radius 3 is 2.25 bits per heavy atom. The van der Waals surface area contributed by atoms with Crippen molar-refractivity contribution in [1.29, 1.82) is 0 Å². The minimum absolute atomic E-state index is 0. The van der Waals surface area contributed by atoms with Gasteiger partial charge < -0.3 is 11.5 Å². The molecule has 2 nitrogen and oxygen atoms in total. The fraction of sp³-hybridized carbons (Fsp3) is 0. The molecule has 0 rings (SSSR count). The van der Waals surface area contributed by atoms with Gasteiger partial charge in [-0.05, 0) is 0 Å². The molecule has 4 N–H and O–H groups in total. The number of halogens is 1. The van der Waals surface area contributed by atoms with E-state index < -0.39 is 0 Å². The fourth-order valence-corrected chi connectivity index (χ4v) is 0.191. The number of nitrogens with two attached hydrogens (primary N) is 2. The number of hydrogen-bond donors (Lipinski definition) is 2. The molecular formula is C4H6ClN2U-. The molecule has 0 bridgehead atoms. The van der Waals surface area contributed by atoms with Crippen LogP contribution in [0.2, 0.25) is 0 Å². The van der Waals surface area contributed by atoms with Crippen LogP contribution in [-0.4, -0.2) is 0 Å². The van der Waals surface area contributed by atoms with Crippen LogP contribution in [0.4, 0.5) is 0 Å². The summed E-state index contributed by atoms with van der Waals surface area (Å²) in [6.07, 6.45) is 5.09. The Hall–Kier alpha value is 0.422. The van der Waals surface area contributed by atoms with Crippen molar-refractivity contribution in [2.75, 3.05) is 0 Å². The standard InChI is InChI=1S/C4H6ClN2.U/c5-4(7)2-1-3-6;/h2-3H,6-7H2;/q-1;/b4-2-;. The molecule has 0 saturated heterocycles. The molecule has 0 heterocycles. The molecule has 0 aromatic rings. The average Bonchev–Trinajstić information content (AvgIpc) is 1.61. The molecule has 0 unspecified atom stereocenters. The van der Waals surface area contributed by atoms with Crippen LogP contribution in [0.15, 0.2) is 17.4 Å². The summed E-state index contributed by atoms with van der Waals surface area (Å²) in [5.41, 5.74) is 9.85. The first kappa shape index (κ1) is 11.2. The van der Waals surface area contributed by atoms with Gasteiger partial charge in [-0.25, -0.2) is 6.08 Å². The molecule has 4 heteroatoms. The first-order chi connectivity index (χ1) is 3.27. The molecule has 0 aliphatic heterocycles. The molecule has 0 radical (unpaired) electrons. The van der Waals surface area contributed by atoms with Gasteiger partial charge in [0.05, 0.1) is 0 Å². The van der Waals surface area contributed by atoms with Gasteiger partial charge in [0, 0.05) is 31.1 Å². The maximum Gasteiger partial charge on any atom is 0 e. The second-order valence-electron chi connectivity index (χ2n) is 0.863. The van der Waals surface area contributed by atoms with Crippen molar-refractivity contribution in [3.63, 3.8) is 0 Å². The molecule has 0 atom stereocenters. The Labute approximate surface area is 77.3 Å². The molecule has 0 fully saturated rings. The molecule has 44 valence electrons. The zero-order valence-electron chi connectivity index (χ0n) is 4.19. The van der Waals surface area contributed by atoms with Crippen LogP contribution in [-0.2, 0) is 0 Å². The summed E-state index contributed by atoms with van der Waals surface area (Å²) < 4.78 is 0. The van der Waals surface area contributed by atoms with Gasteiger partial charge in [0.1, 0.15) is 0 Å². The topological polar surface area (TPSA) is 52.0 Å². The SMILES string of the molecule is NC=[C-]/C=C(\N)Cl.[U]. The van der Waals surface area contributed by atoms with Crippen molar-refractivity contribution in [3.05, 3.63) is 23.5 Å². The van der Waals surface area contributed by atoms with Gasteiger partial charge in [-0.3, -0.25) is 0 Å². The van der Waals surface area contributed by atoms with E-state index in [4.69, 9.17) is 23.1 Å². The molecule has 0 aromatic heterocycles. The smallest absolute Gasteiger partial charge is 0 e. The summed E-state index contributed by atoms with van der Waals surface area (Å²) in [7, 11) is 0. The van der Waals surface area contributed by atoms with Crippen LogP contribution in [0, 0.1) is 37.2 Å². The Morgan fingerprint density at radius 1 is 1.62 bits per heavy atom. The van der Waals surface area contributed by atoms with Crippen molar-refractivity contribution in [2.45, 2.75) is 0 Å². The maximum absolute atomic E-state index is 5.16. The maximum atomic E-state index is 5.16. The molecule has 0 aromatic carbocycles. The van der Waals surface area contributed by atoms with E-state index in [1.54, 1.807) is 0 Å². The first-order valence-corrected chi connectivity index (χ1v) is 2.05. The second kappa shape index (κ2) is 7.42. The molecule has 0 amide bonds. The summed E-state index contributed by atoms with van der Waals surface area (Å²) in [6.45, 7) is 0. The zero-order valence-corrected chi connectivity index (χ0v) is 9.11. The van der Waals surface area contributed by atoms with Crippen LogP contribution in [0.25, 0.3) is 0 Å². The Bertz CT molecular complexity index is 96.2. The predicted molar refractivity (Wildman–Crippen MR) is 30.1 cm³/mol. The second-order valence-corrected chi connectivity index (χ2v) is 1.30. The minimum atomic E-state index is 0. The van der Waals surface area contributed by atoms with Gasteiger partial charge in [0.2, 0.25) is 0 Å². The number of allylic oxidation sites excluding steroid dienone is 2. The molecule has 0 aliphatic carbocycles. The molecule has 8 heavy (non-hydrogen) atoms. The van der Waals surface area contributed by atoms with Crippen molar-refractivity contribution >= 4 is 11.6 Å². The van der Waals surface area contributed by atoms with Gasteiger partial charge in [-0.2, -0.15) is 17.7 Å². The van der Waals surface area contributed by atoms with Crippen LogP contribution in [0.1, 0.15) is 0 Å². The van der Waals surface area contributed by atoms with Crippen LogP contribution < -0.4 is 11.5 Å². The van der Waals surface area contributed by atoms with Gasteiger partial charge in [0.15, 0.2) is 0 Å². The quantitative estimate of drug-likeness (QED) is 0.404. The van der Waals surface area contributed by atoms with E-state index in [9.17, 15) is 0 Å². The van der Waals surface area contributed by atoms with Crippen LogP contribution in [0.3, 0.4) is 0 Å². The van der Waals surface area contributed by atoms with Gasteiger partial charge in [-0.15, -0.1) is 0 Å². The van der Waals surface area contributed by atoms with Crippen molar-refractivity contribution in [1.82, 2.24) is 0 Å². The summed E-state index contributed by atoms with van der Waals surface area (Å²) in [4.78, 5) is 0. The summed E-state index contributed by atoms with van der Waals surface area (Å²) in [5, 5.41) is 0.182. The van der Waals surface area contributed by atoms with E-state index in [2.05, 4.69) is 6.08 Å². The van der Waals surface area contributed by atoms with Gasteiger partial charge in [0.25, 0.3) is 0 Å². The van der Waals surface area contributed by atoms with E-state index >= 15 is 0 Å². The van der Waals surface area contributed by atoms with Crippen molar-refractivity contribution in [2.24, 2.45) is 11.5 Å². The summed E-state index contributed by atoms with van der Waals surface area (Å²) >= 11 is 5.16. The van der Waals surface area contributed by atoms with E-state index in [-0.39, 0.29) is 36.3 Å². The van der Waals surface area contributed by atoms with E-state index in [0.717, 1.165) is 0 Å². The van der Waals surface area contributed by atoms with Crippen LogP contribution in [0.5, 0.6) is 0 Å². The molecular weight excluding hydrogens is 350 g/mol. The van der Waals surface area contributed by atoms with E-state index in [1.165, 1.54) is 12.3 Å². The minimum Gasteiger partial charge on any atom is -0.466 e.